The van der Waals surface area contributed by atoms with E-state index < -0.39 is 0 Å². The number of nitrogens with zero attached hydrogens (tertiary/aromatic N) is 4. The van der Waals surface area contributed by atoms with E-state index >= 15 is 0 Å². The summed E-state index contributed by atoms with van der Waals surface area (Å²) < 4.78 is 5.52. The van der Waals surface area contributed by atoms with Crippen LogP contribution in [0.25, 0.3) is 11.0 Å². The highest BCUT2D eigenvalue weighted by Gasteiger charge is 2.27. The summed E-state index contributed by atoms with van der Waals surface area (Å²) in [7, 11) is 2.20. The van der Waals surface area contributed by atoms with Gasteiger partial charge in [-0.2, -0.15) is 5.10 Å². The van der Waals surface area contributed by atoms with Crippen LogP contribution in [0, 0.1) is 0 Å². The zero-order valence-corrected chi connectivity index (χ0v) is 16.3. The summed E-state index contributed by atoms with van der Waals surface area (Å²) in [4.78, 5) is 4.56. The Balaban J connectivity index is 1.37. The van der Waals surface area contributed by atoms with E-state index in [1.807, 2.05) is 24.3 Å². The van der Waals surface area contributed by atoms with Crippen LogP contribution in [0.3, 0.4) is 0 Å². The number of fused-ring (bicyclic) bond motifs is 3. The molecule has 0 saturated carbocycles. The van der Waals surface area contributed by atoms with Crippen molar-refractivity contribution < 1.29 is 4.42 Å². The largest absolute Gasteiger partial charge is 0.464 e. The lowest BCUT2D eigenvalue weighted by Gasteiger charge is -2.33. The van der Waals surface area contributed by atoms with Gasteiger partial charge in [-0.05, 0) is 66.2 Å². The van der Waals surface area contributed by atoms with Gasteiger partial charge in [0, 0.05) is 30.6 Å². The minimum absolute atomic E-state index is 0.360. The van der Waals surface area contributed by atoms with Crippen LogP contribution < -0.4 is 5.01 Å². The van der Waals surface area contributed by atoms with Crippen LogP contribution in [0.15, 0.2) is 82.7 Å². The molecule has 5 heteroatoms. The lowest BCUT2D eigenvalue weighted by Crippen LogP contribution is -2.31. The topological polar surface area (TPSA) is 35.2 Å². The molecule has 3 aliphatic heterocycles. The SMILES string of the molecule is CN1Cc2cc(N3CN4C=CC=CC4=N3)ccc2C(c2ccc3occc3c2)C1. The molecule has 5 nitrogen and oxygen atoms in total. The summed E-state index contributed by atoms with van der Waals surface area (Å²) >= 11 is 0. The summed E-state index contributed by atoms with van der Waals surface area (Å²) in [5.41, 5.74) is 6.23. The number of benzene rings is 2. The Hall–Kier alpha value is -3.31. The van der Waals surface area contributed by atoms with Crippen LogP contribution in [0.2, 0.25) is 0 Å². The molecule has 1 unspecified atom stereocenters. The second-order valence-corrected chi connectivity index (χ2v) is 8.02. The van der Waals surface area contributed by atoms with Crippen molar-refractivity contribution >= 4 is 22.5 Å². The van der Waals surface area contributed by atoms with E-state index in [0.717, 1.165) is 36.9 Å². The van der Waals surface area contributed by atoms with Gasteiger partial charge in [0.2, 0.25) is 0 Å². The van der Waals surface area contributed by atoms with E-state index in [-0.39, 0.29) is 0 Å². The van der Waals surface area contributed by atoms with Gasteiger partial charge in [-0.15, -0.1) is 0 Å². The molecule has 0 fully saturated rings. The molecular formula is C24H22N4O. The molecule has 0 spiro atoms. The minimum Gasteiger partial charge on any atom is -0.464 e. The maximum Gasteiger partial charge on any atom is 0.154 e. The summed E-state index contributed by atoms with van der Waals surface area (Å²) in [6, 6.07) is 15.4. The van der Waals surface area contributed by atoms with Crippen molar-refractivity contribution in [3.8, 4) is 0 Å². The van der Waals surface area contributed by atoms with Gasteiger partial charge in [0.05, 0.1) is 12.0 Å². The average molecular weight is 382 g/mol. The van der Waals surface area contributed by atoms with E-state index in [0.29, 0.717) is 5.92 Å². The Morgan fingerprint density at radius 2 is 2.03 bits per heavy atom. The Morgan fingerprint density at radius 1 is 1.07 bits per heavy atom. The zero-order chi connectivity index (χ0) is 19.4. The van der Waals surface area contributed by atoms with Crippen LogP contribution in [0.1, 0.15) is 22.6 Å². The lowest BCUT2D eigenvalue weighted by molar-refractivity contribution is 0.295. The number of anilines is 1. The number of furan rings is 1. The molecule has 0 bridgehead atoms. The monoisotopic (exact) mass is 382 g/mol. The van der Waals surface area contributed by atoms with Crippen LogP contribution >= 0.6 is 0 Å². The fourth-order valence-electron chi connectivity index (χ4n) is 4.60. The molecule has 144 valence electrons. The standard InChI is InChI=1S/C24H22N4O/c1-26-14-19-13-20(28-16-27-10-3-2-4-24(27)25-28)6-7-21(19)22(15-26)17-5-8-23-18(12-17)9-11-29-23/h2-13,22H,14-16H2,1H3. The summed E-state index contributed by atoms with van der Waals surface area (Å²) in [5, 5.41) is 8.01. The molecule has 0 aliphatic carbocycles. The van der Waals surface area contributed by atoms with Gasteiger partial charge in [-0.3, -0.25) is 0 Å². The quantitative estimate of drug-likeness (QED) is 0.654. The highest BCUT2D eigenvalue weighted by atomic mass is 16.3. The normalized spacial score (nSPS) is 20.9. The first-order valence-corrected chi connectivity index (χ1v) is 10.0. The van der Waals surface area contributed by atoms with Gasteiger partial charge < -0.3 is 14.2 Å². The Labute approximate surface area is 169 Å². The molecule has 0 amide bonds. The van der Waals surface area contributed by atoms with Gasteiger partial charge in [0.1, 0.15) is 12.3 Å². The maximum atomic E-state index is 5.52. The summed E-state index contributed by atoms with van der Waals surface area (Å²) in [5.74, 6) is 1.35. The van der Waals surface area contributed by atoms with Crippen LogP contribution in [-0.4, -0.2) is 35.9 Å². The summed E-state index contributed by atoms with van der Waals surface area (Å²) in [6.45, 7) is 2.73. The van der Waals surface area contributed by atoms with E-state index in [1.54, 1.807) is 6.26 Å². The van der Waals surface area contributed by atoms with Crippen LogP contribution in [0.5, 0.6) is 0 Å². The highest BCUT2D eigenvalue weighted by Crippen LogP contribution is 2.36. The molecule has 3 aromatic rings. The van der Waals surface area contributed by atoms with Crippen LogP contribution in [-0.2, 0) is 6.54 Å². The third kappa shape index (κ3) is 2.77. The molecule has 1 aromatic heterocycles. The zero-order valence-electron chi connectivity index (χ0n) is 16.3. The lowest BCUT2D eigenvalue weighted by atomic mass is 9.84. The number of hydrazone groups is 1. The third-order valence-electron chi connectivity index (χ3n) is 6.04. The average Bonchev–Trinajstić information content (AvgIpc) is 3.38. The van der Waals surface area contributed by atoms with Crippen molar-refractivity contribution in [2.45, 2.75) is 12.5 Å². The summed E-state index contributed by atoms with van der Waals surface area (Å²) in [6.07, 6.45) is 9.96. The van der Waals surface area contributed by atoms with Gasteiger partial charge in [0.15, 0.2) is 5.84 Å². The van der Waals surface area contributed by atoms with Gasteiger partial charge in [-0.25, -0.2) is 5.01 Å². The van der Waals surface area contributed by atoms with Crippen molar-refractivity contribution in [1.29, 1.82) is 0 Å². The van der Waals surface area contributed by atoms with E-state index in [4.69, 9.17) is 9.52 Å². The molecule has 3 aliphatic rings. The molecule has 29 heavy (non-hydrogen) atoms. The van der Waals surface area contributed by atoms with E-state index in [2.05, 4.69) is 64.5 Å². The fourth-order valence-corrected chi connectivity index (χ4v) is 4.60. The number of rotatable bonds is 2. The number of amidine groups is 1. The van der Waals surface area contributed by atoms with Crippen molar-refractivity contribution in [2.75, 3.05) is 25.3 Å². The van der Waals surface area contributed by atoms with Crippen molar-refractivity contribution in [2.24, 2.45) is 5.10 Å². The third-order valence-corrected chi connectivity index (χ3v) is 6.04. The van der Waals surface area contributed by atoms with Gasteiger partial charge in [-0.1, -0.05) is 18.2 Å². The second kappa shape index (κ2) is 6.36. The first kappa shape index (κ1) is 16.6. The number of likely N-dealkylation sites (N-methyl/N-ethyl adjacent to an activating group) is 1. The molecule has 6 rings (SSSR count). The van der Waals surface area contributed by atoms with Crippen molar-refractivity contribution in [1.82, 2.24) is 9.80 Å². The maximum absolute atomic E-state index is 5.52. The highest BCUT2D eigenvalue weighted by molar-refractivity contribution is 5.97. The van der Waals surface area contributed by atoms with Gasteiger partial charge >= 0.3 is 0 Å². The predicted molar refractivity (Wildman–Crippen MR) is 116 cm³/mol. The van der Waals surface area contributed by atoms with Crippen molar-refractivity contribution in [3.05, 3.63) is 89.8 Å². The van der Waals surface area contributed by atoms with Crippen molar-refractivity contribution in [3.63, 3.8) is 0 Å². The Kier molecular flexibility index (Phi) is 3.64. The Bertz CT molecular complexity index is 1190. The number of hydrogen-bond acceptors (Lipinski definition) is 5. The minimum atomic E-state index is 0.360. The molecule has 0 N–H and O–H groups in total. The van der Waals surface area contributed by atoms with E-state index in [9.17, 15) is 0 Å². The molecule has 1 atom stereocenters. The second-order valence-electron chi connectivity index (χ2n) is 8.02. The first-order valence-electron chi connectivity index (χ1n) is 10.0. The first-order chi connectivity index (χ1) is 14.2. The molecule has 0 radical (unpaired) electrons. The molecule has 2 aromatic carbocycles. The predicted octanol–water partition coefficient (Wildman–Crippen LogP) is 4.49. The van der Waals surface area contributed by atoms with Gasteiger partial charge in [0.25, 0.3) is 0 Å². The fraction of sp³-hybridized carbons (Fsp3) is 0.208. The number of allylic oxidation sites excluding steroid dienone is 2. The molecule has 4 heterocycles. The van der Waals surface area contributed by atoms with E-state index in [1.165, 1.54) is 22.1 Å². The smallest absolute Gasteiger partial charge is 0.154 e. The Morgan fingerprint density at radius 3 is 2.97 bits per heavy atom. The van der Waals surface area contributed by atoms with Crippen LogP contribution in [0.4, 0.5) is 5.69 Å². The number of hydrogen-bond donors (Lipinski definition) is 0. The molecular weight excluding hydrogens is 360 g/mol. The molecule has 0 saturated heterocycles.